The van der Waals surface area contributed by atoms with Crippen LogP contribution >= 0.6 is 23.1 Å². The zero-order valence-electron chi connectivity index (χ0n) is 9.32. The van der Waals surface area contributed by atoms with Crippen LogP contribution in [0.4, 0.5) is 10.5 Å². The maximum atomic E-state index is 11.4. The lowest BCUT2D eigenvalue weighted by Crippen LogP contribution is -2.43. The van der Waals surface area contributed by atoms with Crippen LogP contribution in [0, 0.1) is 0 Å². The van der Waals surface area contributed by atoms with Gasteiger partial charge in [-0.1, -0.05) is 0 Å². The van der Waals surface area contributed by atoms with Crippen LogP contribution in [0.5, 0.6) is 0 Å². The van der Waals surface area contributed by atoms with Crippen molar-refractivity contribution >= 4 is 34.8 Å². The van der Waals surface area contributed by atoms with Crippen LogP contribution in [-0.4, -0.2) is 35.3 Å². The Labute approximate surface area is 103 Å². The van der Waals surface area contributed by atoms with Gasteiger partial charge in [-0.3, -0.25) is 0 Å². The zero-order valence-corrected chi connectivity index (χ0v) is 11.0. The Kier molecular flexibility index (Phi) is 5.11. The van der Waals surface area contributed by atoms with Gasteiger partial charge in [0.2, 0.25) is 0 Å². The highest BCUT2D eigenvalue weighted by Crippen LogP contribution is 2.12. The van der Waals surface area contributed by atoms with Crippen LogP contribution in [0.1, 0.15) is 6.92 Å². The number of amides is 2. The van der Waals surface area contributed by atoms with E-state index in [1.54, 1.807) is 18.7 Å². The summed E-state index contributed by atoms with van der Waals surface area (Å²) in [7, 11) is 0. The molecule has 1 heterocycles. The van der Waals surface area contributed by atoms with Crippen LogP contribution in [0.15, 0.2) is 16.8 Å². The largest absolute Gasteiger partial charge is 0.387 e. The molecule has 0 aromatic carbocycles. The van der Waals surface area contributed by atoms with E-state index in [0.717, 1.165) is 5.69 Å². The number of hydrogen-bond donors (Lipinski definition) is 3. The molecule has 0 bridgehead atoms. The average molecular weight is 260 g/mol. The summed E-state index contributed by atoms with van der Waals surface area (Å²) in [6.45, 7) is 1.94. The molecule has 16 heavy (non-hydrogen) atoms. The number of aliphatic hydroxyl groups is 1. The van der Waals surface area contributed by atoms with Crippen LogP contribution in [0.25, 0.3) is 0 Å². The number of rotatable bonds is 5. The summed E-state index contributed by atoms with van der Waals surface area (Å²) in [6.07, 6.45) is 1.92. The summed E-state index contributed by atoms with van der Waals surface area (Å²) in [5.41, 5.74) is -0.0993. The van der Waals surface area contributed by atoms with Crippen molar-refractivity contribution in [2.75, 3.05) is 23.9 Å². The Bertz CT molecular complexity index is 326. The molecule has 0 saturated heterocycles. The molecule has 1 rings (SSSR count). The van der Waals surface area contributed by atoms with Gasteiger partial charge in [0.05, 0.1) is 11.3 Å². The summed E-state index contributed by atoms with van der Waals surface area (Å²) < 4.78 is 0. The van der Waals surface area contributed by atoms with Gasteiger partial charge in [0, 0.05) is 17.7 Å². The Morgan fingerprint density at radius 2 is 2.44 bits per heavy atom. The van der Waals surface area contributed by atoms with Crippen LogP contribution in [0.2, 0.25) is 0 Å². The van der Waals surface area contributed by atoms with E-state index in [-0.39, 0.29) is 12.6 Å². The van der Waals surface area contributed by atoms with E-state index in [4.69, 9.17) is 0 Å². The average Bonchev–Trinajstić information content (AvgIpc) is 2.68. The van der Waals surface area contributed by atoms with Gasteiger partial charge in [0.1, 0.15) is 0 Å². The summed E-state index contributed by atoms with van der Waals surface area (Å²) in [5, 5.41) is 18.9. The molecule has 3 N–H and O–H groups in total. The highest BCUT2D eigenvalue weighted by atomic mass is 32.2. The smallest absolute Gasteiger partial charge is 0.319 e. The third-order valence-electron chi connectivity index (χ3n) is 1.86. The first kappa shape index (κ1) is 13.3. The van der Waals surface area contributed by atoms with E-state index < -0.39 is 5.60 Å². The second kappa shape index (κ2) is 6.12. The van der Waals surface area contributed by atoms with Crippen molar-refractivity contribution in [3.05, 3.63) is 16.8 Å². The van der Waals surface area contributed by atoms with Crippen molar-refractivity contribution in [3.8, 4) is 0 Å². The number of nitrogens with one attached hydrogen (secondary N) is 2. The molecule has 90 valence electrons. The molecule has 6 heteroatoms. The van der Waals surface area contributed by atoms with E-state index in [1.165, 1.54) is 11.3 Å². The fraction of sp³-hybridized carbons (Fsp3) is 0.500. The molecule has 0 aliphatic rings. The molecule has 1 atom stereocenters. The number of carbonyl (C=O) groups is 1. The number of hydrogen-bond acceptors (Lipinski definition) is 4. The second-order valence-electron chi connectivity index (χ2n) is 3.75. The summed E-state index contributed by atoms with van der Waals surface area (Å²) >= 11 is 3.06. The van der Waals surface area contributed by atoms with E-state index in [2.05, 4.69) is 10.6 Å². The quantitative estimate of drug-likeness (QED) is 0.758. The van der Waals surface area contributed by atoms with Gasteiger partial charge in [0.25, 0.3) is 0 Å². The SMILES string of the molecule is CSCC(C)(O)CNC(=O)Nc1ccsc1. The third-order valence-corrected chi connectivity index (χ3v) is 3.46. The van der Waals surface area contributed by atoms with Crippen LogP contribution in [-0.2, 0) is 0 Å². The maximum absolute atomic E-state index is 11.4. The molecule has 1 aromatic rings. The Morgan fingerprint density at radius 1 is 1.69 bits per heavy atom. The first-order chi connectivity index (χ1) is 7.53. The lowest BCUT2D eigenvalue weighted by Gasteiger charge is -2.22. The lowest BCUT2D eigenvalue weighted by molar-refractivity contribution is 0.0876. The second-order valence-corrected chi connectivity index (χ2v) is 5.40. The van der Waals surface area contributed by atoms with Crippen LogP contribution < -0.4 is 10.6 Å². The minimum absolute atomic E-state index is 0.240. The summed E-state index contributed by atoms with van der Waals surface area (Å²) in [4.78, 5) is 11.4. The number of thiophene rings is 1. The number of thioether (sulfide) groups is 1. The molecule has 0 fully saturated rings. The summed E-state index contributed by atoms with van der Waals surface area (Å²) in [6, 6.07) is 1.53. The topological polar surface area (TPSA) is 61.4 Å². The standard InChI is InChI=1S/C10H16N2O2S2/c1-10(14,7-15-2)6-11-9(13)12-8-3-4-16-5-8/h3-5,14H,6-7H2,1-2H3,(H2,11,12,13). The number of anilines is 1. The molecular weight excluding hydrogens is 244 g/mol. The molecule has 2 amide bonds. The molecular formula is C10H16N2O2S2. The van der Waals surface area contributed by atoms with Crippen molar-refractivity contribution < 1.29 is 9.90 Å². The third kappa shape index (κ3) is 4.87. The van der Waals surface area contributed by atoms with Gasteiger partial charge < -0.3 is 15.7 Å². The highest BCUT2D eigenvalue weighted by molar-refractivity contribution is 7.98. The van der Waals surface area contributed by atoms with Crippen molar-refractivity contribution in [2.24, 2.45) is 0 Å². The lowest BCUT2D eigenvalue weighted by atomic mass is 10.1. The van der Waals surface area contributed by atoms with Gasteiger partial charge in [-0.15, -0.1) is 0 Å². The molecule has 0 aliphatic carbocycles. The highest BCUT2D eigenvalue weighted by Gasteiger charge is 2.20. The van der Waals surface area contributed by atoms with Crippen molar-refractivity contribution in [2.45, 2.75) is 12.5 Å². The van der Waals surface area contributed by atoms with E-state index in [9.17, 15) is 9.90 Å². The minimum Gasteiger partial charge on any atom is -0.387 e. The summed E-state index contributed by atoms with van der Waals surface area (Å²) in [5.74, 6) is 0.589. The molecule has 1 aromatic heterocycles. The molecule has 4 nitrogen and oxygen atoms in total. The predicted molar refractivity (Wildman–Crippen MR) is 70.3 cm³/mol. The molecule has 0 aliphatic heterocycles. The monoisotopic (exact) mass is 260 g/mol. The fourth-order valence-corrected chi connectivity index (χ4v) is 2.46. The van der Waals surface area contributed by atoms with Crippen molar-refractivity contribution in [1.82, 2.24) is 5.32 Å². The normalized spacial score (nSPS) is 14.2. The number of carbonyl (C=O) groups excluding carboxylic acids is 1. The maximum Gasteiger partial charge on any atom is 0.319 e. The molecule has 0 saturated carbocycles. The molecule has 0 spiro atoms. The van der Waals surface area contributed by atoms with Gasteiger partial charge in [-0.05, 0) is 24.6 Å². The van der Waals surface area contributed by atoms with E-state index >= 15 is 0 Å². The Balaban J connectivity index is 2.30. The van der Waals surface area contributed by atoms with E-state index in [0.29, 0.717) is 5.75 Å². The Hall–Kier alpha value is -0.720. The van der Waals surface area contributed by atoms with Crippen molar-refractivity contribution in [1.29, 1.82) is 0 Å². The molecule has 1 unspecified atom stereocenters. The zero-order chi connectivity index (χ0) is 12.0. The van der Waals surface area contributed by atoms with Crippen molar-refractivity contribution in [3.63, 3.8) is 0 Å². The van der Waals surface area contributed by atoms with E-state index in [1.807, 2.05) is 23.1 Å². The van der Waals surface area contributed by atoms with Gasteiger partial charge in [0.15, 0.2) is 0 Å². The minimum atomic E-state index is -0.870. The van der Waals surface area contributed by atoms with Gasteiger partial charge in [-0.2, -0.15) is 23.1 Å². The Morgan fingerprint density at radius 3 is 3.00 bits per heavy atom. The van der Waals surface area contributed by atoms with Crippen LogP contribution in [0.3, 0.4) is 0 Å². The van der Waals surface area contributed by atoms with Gasteiger partial charge >= 0.3 is 6.03 Å². The fourth-order valence-electron chi connectivity index (χ4n) is 1.14. The predicted octanol–water partition coefficient (Wildman–Crippen LogP) is 1.98. The van der Waals surface area contributed by atoms with Gasteiger partial charge in [-0.25, -0.2) is 4.79 Å². The molecule has 0 radical (unpaired) electrons. The number of urea groups is 1. The first-order valence-corrected chi connectivity index (χ1v) is 7.15. The first-order valence-electron chi connectivity index (χ1n) is 4.82.